The Morgan fingerprint density at radius 1 is 1.03 bits per heavy atom. The van der Waals surface area contributed by atoms with Crippen molar-refractivity contribution >= 4 is 21.7 Å². The number of hydrogen-bond donors (Lipinski definition) is 0. The molecule has 2 aliphatic heterocycles. The molecule has 172 valence electrons. The number of sulfone groups is 1. The van der Waals surface area contributed by atoms with Crippen molar-refractivity contribution in [2.45, 2.75) is 51.6 Å². The van der Waals surface area contributed by atoms with E-state index in [4.69, 9.17) is 0 Å². The van der Waals surface area contributed by atoms with Gasteiger partial charge >= 0.3 is 0 Å². The molecule has 0 bridgehead atoms. The number of hydrogen-bond acceptors (Lipinski definition) is 5. The van der Waals surface area contributed by atoms with Gasteiger partial charge in [-0.2, -0.15) is 0 Å². The van der Waals surface area contributed by atoms with Crippen molar-refractivity contribution in [3.05, 3.63) is 35.9 Å². The number of rotatable bonds is 8. The lowest BCUT2D eigenvalue weighted by Crippen LogP contribution is -2.51. The van der Waals surface area contributed by atoms with Gasteiger partial charge in [0.1, 0.15) is 0 Å². The van der Waals surface area contributed by atoms with Crippen LogP contribution in [0.25, 0.3) is 0 Å². The zero-order chi connectivity index (χ0) is 22.4. The Kier molecular flexibility index (Phi) is 8.11. The number of carbonyl (C=O) groups excluding carboxylic acids is 2. The maximum atomic E-state index is 13.1. The fourth-order valence-electron chi connectivity index (χ4n) is 4.80. The predicted octanol–water partition coefficient (Wildman–Crippen LogP) is 2.04. The molecule has 0 N–H and O–H groups in total. The number of piperidine rings is 1. The Morgan fingerprint density at radius 2 is 1.71 bits per heavy atom. The van der Waals surface area contributed by atoms with Gasteiger partial charge in [0.25, 0.3) is 5.91 Å². The molecule has 2 saturated heterocycles. The fourth-order valence-corrected chi connectivity index (χ4v) is 6.53. The fraction of sp³-hybridized carbons (Fsp3) is 0.652. The summed E-state index contributed by atoms with van der Waals surface area (Å²) in [6.45, 7) is 7.06. The first-order valence-corrected chi connectivity index (χ1v) is 13.2. The Balaban J connectivity index is 1.58. The normalized spacial score (nSPS) is 21.4. The average molecular weight is 450 g/mol. The maximum absolute atomic E-state index is 13.1. The van der Waals surface area contributed by atoms with Crippen LogP contribution in [-0.2, 0) is 14.6 Å². The summed E-state index contributed by atoms with van der Waals surface area (Å²) >= 11 is 0. The zero-order valence-corrected chi connectivity index (χ0v) is 19.5. The highest BCUT2D eigenvalue weighted by atomic mass is 32.2. The summed E-state index contributed by atoms with van der Waals surface area (Å²) in [4.78, 5) is 31.7. The standard InChI is InChI=1S/C23H35N3O4S/c1-3-13-25(17-22(27)26(4-2)21-12-16-31(29,30)18-21)20-10-14-24(15-11-20)23(28)19-8-6-5-7-9-19/h5-9,20-21H,3-4,10-18H2,1-2H3. The van der Waals surface area contributed by atoms with Gasteiger partial charge in [-0.05, 0) is 51.3 Å². The van der Waals surface area contributed by atoms with Crippen molar-refractivity contribution in [2.75, 3.05) is 44.2 Å². The highest BCUT2D eigenvalue weighted by Crippen LogP contribution is 2.21. The number of amides is 2. The first-order chi connectivity index (χ1) is 14.8. The van der Waals surface area contributed by atoms with E-state index in [1.807, 2.05) is 42.2 Å². The number of likely N-dealkylation sites (tertiary alicyclic amines) is 1. The van der Waals surface area contributed by atoms with E-state index in [0.29, 0.717) is 38.2 Å². The third-order valence-electron chi connectivity index (χ3n) is 6.45. The van der Waals surface area contributed by atoms with Crippen LogP contribution in [-0.4, -0.2) is 91.2 Å². The molecule has 0 spiro atoms. The molecule has 2 aliphatic rings. The molecule has 31 heavy (non-hydrogen) atoms. The molecule has 3 rings (SSSR count). The number of nitrogens with zero attached hydrogens (tertiary/aromatic N) is 3. The average Bonchev–Trinajstić information content (AvgIpc) is 3.13. The molecule has 2 amide bonds. The quantitative estimate of drug-likeness (QED) is 0.607. The predicted molar refractivity (Wildman–Crippen MR) is 122 cm³/mol. The molecule has 0 aromatic heterocycles. The van der Waals surface area contributed by atoms with Crippen LogP contribution < -0.4 is 0 Å². The smallest absolute Gasteiger partial charge is 0.253 e. The van der Waals surface area contributed by atoms with Crippen molar-refractivity contribution in [1.82, 2.24) is 14.7 Å². The minimum atomic E-state index is -3.03. The molecule has 7 nitrogen and oxygen atoms in total. The first-order valence-electron chi connectivity index (χ1n) is 11.4. The van der Waals surface area contributed by atoms with E-state index in [-0.39, 0.29) is 35.4 Å². The summed E-state index contributed by atoms with van der Waals surface area (Å²) in [5, 5.41) is 0. The minimum Gasteiger partial charge on any atom is -0.339 e. The summed E-state index contributed by atoms with van der Waals surface area (Å²) in [5.41, 5.74) is 0.714. The molecular formula is C23H35N3O4S. The van der Waals surface area contributed by atoms with E-state index in [2.05, 4.69) is 11.8 Å². The molecule has 0 aliphatic carbocycles. The zero-order valence-electron chi connectivity index (χ0n) is 18.7. The van der Waals surface area contributed by atoms with Crippen LogP contribution in [0.15, 0.2) is 30.3 Å². The van der Waals surface area contributed by atoms with Gasteiger partial charge in [0.15, 0.2) is 9.84 Å². The minimum absolute atomic E-state index is 0.0147. The second kappa shape index (κ2) is 10.6. The SMILES string of the molecule is CCCN(CC(=O)N(CC)C1CCS(=O)(=O)C1)C1CCN(C(=O)c2ccccc2)CC1. The van der Waals surface area contributed by atoms with Crippen LogP contribution in [0.3, 0.4) is 0 Å². The van der Waals surface area contributed by atoms with E-state index < -0.39 is 9.84 Å². The van der Waals surface area contributed by atoms with E-state index in [1.165, 1.54) is 0 Å². The Hall–Kier alpha value is -1.93. The van der Waals surface area contributed by atoms with E-state index in [0.717, 1.165) is 25.8 Å². The van der Waals surface area contributed by atoms with Crippen LogP contribution in [0.5, 0.6) is 0 Å². The summed E-state index contributed by atoms with van der Waals surface area (Å²) in [6.07, 6.45) is 3.17. The molecule has 1 unspecified atom stereocenters. The highest BCUT2D eigenvalue weighted by Gasteiger charge is 2.35. The number of carbonyl (C=O) groups is 2. The molecule has 8 heteroatoms. The highest BCUT2D eigenvalue weighted by molar-refractivity contribution is 7.91. The van der Waals surface area contributed by atoms with E-state index in [9.17, 15) is 18.0 Å². The van der Waals surface area contributed by atoms with Gasteiger partial charge < -0.3 is 9.80 Å². The van der Waals surface area contributed by atoms with Gasteiger partial charge in [0.05, 0.1) is 18.1 Å². The third kappa shape index (κ3) is 6.07. The molecule has 1 aromatic carbocycles. The van der Waals surface area contributed by atoms with Gasteiger partial charge in [0.2, 0.25) is 5.91 Å². The van der Waals surface area contributed by atoms with Crippen molar-refractivity contribution in [2.24, 2.45) is 0 Å². The molecular weight excluding hydrogens is 414 g/mol. The van der Waals surface area contributed by atoms with Gasteiger partial charge in [-0.3, -0.25) is 14.5 Å². The van der Waals surface area contributed by atoms with Gasteiger partial charge in [0, 0.05) is 37.3 Å². The van der Waals surface area contributed by atoms with Crippen molar-refractivity contribution in [1.29, 1.82) is 0 Å². The molecule has 0 radical (unpaired) electrons. The largest absolute Gasteiger partial charge is 0.339 e. The van der Waals surface area contributed by atoms with Crippen LogP contribution >= 0.6 is 0 Å². The summed E-state index contributed by atoms with van der Waals surface area (Å²) in [6, 6.07) is 9.42. The summed E-state index contributed by atoms with van der Waals surface area (Å²) in [7, 11) is -3.03. The second-order valence-corrected chi connectivity index (χ2v) is 10.8. The Morgan fingerprint density at radius 3 is 2.26 bits per heavy atom. The van der Waals surface area contributed by atoms with E-state index in [1.54, 1.807) is 4.90 Å². The van der Waals surface area contributed by atoms with Crippen LogP contribution in [0.2, 0.25) is 0 Å². The summed E-state index contributed by atoms with van der Waals surface area (Å²) in [5.74, 6) is 0.339. The molecule has 2 fully saturated rings. The first kappa shape index (κ1) is 23.7. The lowest BCUT2D eigenvalue weighted by atomic mass is 10.0. The lowest BCUT2D eigenvalue weighted by molar-refractivity contribution is -0.135. The molecule has 1 atom stereocenters. The Bertz CT molecular complexity index is 851. The molecule has 1 aromatic rings. The van der Waals surface area contributed by atoms with E-state index >= 15 is 0 Å². The lowest BCUT2D eigenvalue weighted by Gasteiger charge is -2.39. The van der Waals surface area contributed by atoms with Crippen molar-refractivity contribution in [3.63, 3.8) is 0 Å². The van der Waals surface area contributed by atoms with Gasteiger partial charge in [-0.1, -0.05) is 25.1 Å². The number of likely N-dealkylation sites (N-methyl/N-ethyl adjacent to an activating group) is 1. The second-order valence-electron chi connectivity index (χ2n) is 8.60. The maximum Gasteiger partial charge on any atom is 0.253 e. The van der Waals surface area contributed by atoms with Gasteiger partial charge in [-0.15, -0.1) is 0 Å². The van der Waals surface area contributed by atoms with Crippen molar-refractivity contribution in [3.8, 4) is 0 Å². The third-order valence-corrected chi connectivity index (χ3v) is 8.20. The van der Waals surface area contributed by atoms with Crippen LogP contribution in [0.1, 0.15) is 49.9 Å². The molecule has 0 saturated carbocycles. The summed E-state index contributed by atoms with van der Waals surface area (Å²) < 4.78 is 23.7. The van der Waals surface area contributed by atoms with Crippen LogP contribution in [0.4, 0.5) is 0 Å². The number of benzene rings is 1. The monoisotopic (exact) mass is 449 g/mol. The topological polar surface area (TPSA) is 78.0 Å². The molecule has 2 heterocycles. The van der Waals surface area contributed by atoms with Crippen molar-refractivity contribution < 1.29 is 18.0 Å². The Labute approximate surface area is 186 Å². The van der Waals surface area contributed by atoms with Gasteiger partial charge in [-0.25, -0.2) is 8.42 Å². The van der Waals surface area contributed by atoms with Crippen LogP contribution in [0, 0.1) is 0 Å².